The first-order chi connectivity index (χ1) is 13.1. The van der Waals surface area contributed by atoms with Gasteiger partial charge in [0, 0.05) is 0 Å². The van der Waals surface area contributed by atoms with Gasteiger partial charge in [-0.05, 0) is 63.5 Å². The molecular weight excluding hydrogens is 336 g/mol. The lowest BCUT2D eigenvalue weighted by atomic mass is 9.74. The molecule has 4 unspecified atom stereocenters. The van der Waals surface area contributed by atoms with Crippen molar-refractivity contribution >= 4 is 0 Å². The Morgan fingerprint density at radius 3 is 1.54 bits per heavy atom. The van der Waals surface area contributed by atoms with Crippen LogP contribution < -0.4 is 0 Å². The van der Waals surface area contributed by atoms with Crippen LogP contribution >= 0.6 is 0 Å². The standard InChI is InChI=1S/C28H36/c1-27(2,3)20-12-14-22-23-15-13-21(28(4,5)6)18-26(23)24(25(22)17-20)16-19-10-8-7-9-11-19/h7-15,17-18,22-26H,16H2,1-6H3. The number of hydrogen-bond acceptors (Lipinski definition) is 0. The molecule has 0 aliphatic heterocycles. The van der Waals surface area contributed by atoms with Crippen molar-refractivity contribution in [3.8, 4) is 0 Å². The molecule has 0 heteroatoms. The van der Waals surface area contributed by atoms with Crippen molar-refractivity contribution in [2.75, 3.05) is 0 Å². The molecule has 0 heterocycles. The highest BCUT2D eigenvalue weighted by Gasteiger charge is 2.48. The van der Waals surface area contributed by atoms with E-state index in [0.717, 1.165) is 0 Å². The van der Waals surface area contributed by atoms with E-state index in [1.54, 1.807) is 0 Å². The van der Waals surface area contributed by atoms with Crippen molar-refractivity contribution in [3.05, 3.63) is 83.5 Å². The molecule has 0 nitrogen and oxygen atoms in total. The summed E-state index contributed by atoms with van der Waals surface area (Å²) in [6.45, 7) is 14.1. The molecule has 3 aliphatic carbocycles. The number of allylic oxidation sites excluding steroid dienone is 8. The summed E-state index contributed by atoms with van der Waals surface area (Å²) in [6, 6.07) is 11.1. The maximum absolute atomic E-state index is 2.63. The van der Waals surface area contributed by atoms with Crippen LogP contribution in [0.3, 0.4) is 0 Å². The second-order valence-corrected chi connectivity index (χ2v) is 11.1. The minimum absolute atomic E-state index is 0.217. The van der Waals surface area contributed by atoms with Crippen LogP contribution in [0.2, 0.25) is 0 Å². The molecule has 3 aliphatic rings. The van der Waals surface area contributed by atoms with Gasteiger partial charge in [0.05, 0.1) is 0 Å². The molecule has 1 aromatic rings. The second-order valence-electron chi connectivity index (χ2n) is 11.1. The van der Waals surface area contributed by atoms with E-state index >= 15 is 0 Å². The Morgan fingerprint density at radius 2 is 1.11 bits per heavy atom. The first kappa shape index (κ1) is 19.5. The quantitative estimate of drug-likeness (QED) is 0.507. The fourth-order valence-corrected chi connectivity index (χ4v) is 5.44. The van der Waals surface area contributed by atoms with Gasteiger partial charge in [0.1, 0.15) is 0 Å². The molecule has 0 spiro atoms. The number of benzene rings is 1. The van der Waals surface area contributed by atoms with E-state index in [-0.39, 0.29) is 10.8 Å². The highest BCUT2D eigenvalue weighted by atomic mass is 14.5. The molecule has 4 rings (SSSR count). The summed E-state index contributed by atoms with van der Waals surface area (Å²) in [4.78, 5) is 0. The molecule has 28 heavy (non-hydrogen) atoms. The van der Waals surface area contributed by atoms with Gasteiger partial charge in [0.2, 0.25) is 0 Å². The minimum atomic E-state index is 0.217. The van der Waals surface area contributed by atoms with Crippen LogP contribution in [0.4, 0.5) is 0 Å². The van der Waals surface area contributed by atoms with Crippen LogP contribution in [0.15, 0.2) is 77.9 Å². The Kier molecular flexibility index (Phi) is 4.81. The summed E-state index contributed by atoms with van der Waals surface area (Å²) in [5.74, 6) is 3.21. The Balaban J connectivity index is 1.74. The fourth-order valence-electron chi connectivity index (χ4n) is 5.44. The van der Waals surface area contributed by atoms with Crippen molar-refractivity contribution < 1.29 is 0 Å². The predicted octanol–water partition coefficient (Wildman–Crippen LogP) is 7.41. The van der Waals surface area contributed by atoms with Crippen LogP contribution in [-0.2, 0) is 6.42 Å². The van der Waals surface area contributed by atoms with Crippen LogP contribution in [-0.4, -0.2) is 0 Å². The molecule has 0 aromatic heterocycles. The van der Waals surface area contributed by atoms with Gasteiger partial charge in [0.15, 0.2) is 0 Å². The largest absolute Gasteiger partial charge is 0.0799 e. The smallest absolute Gasteiger partial charge is 0.00952 e. The number of rotatable bonds is 2. The van der Waals surface area contributed by atoms with E-state index in [2.05, 4.69) is 108 Å². The Bertz CT molecular complexity index is 780. The van der Waals surface area contributed by atoms with Crippen LogP contribution in [0, 0.1) is 40.4 Å². The van der Waals surface area contributed by atoms with Crippen LogP contribution in [0.25, 0.3) is 0 Å². The summed E-state index contributed by atoms with van der Waals surface area (Å²) in [5, 5.41) is 0. The van der Waals surface area contributed by atoms with E-state index in [1.165, 1.54) is 23.1 Å². The molecule has 0 radical (unpaired) electrons. The van der Waals surface area contributed by atoms with Gasteiger partial charge in [-0.15, -0.1) is 0 Å². The van der Waals surface area contributed by atoms with E-state index in [4.69, 9.17) is 0 Å². The van der Waals surface area contributed by atoms with Gasteiger partial charge in [-0.25, -0.2) is 0 Å². The normalized spacial score (nSPS) is 31.9. The zero-order valence-corrected chi connectivity index (χ0v) is 18.4. The zero-order valence-electron chi connectivity index (χ0n) is 18.4. The van der Waals surface area contributed by atoms with Crippen molar-refractivity contribution in [2.24, 2.45) is 40.4 Å². The lowest BCUT2D eigenvalue weighted by molar-refractivity contribution is 0.363. The van der Waals surface area contributed by atoms with E-state index < -0.39 is 0 Å². The van der Waals surface area contributed by atoms with Gasteiger partial charge in [-0.3, -0.25) is 0 Å². The third kappa shape index (κ3) is 3.59. The Hall–Kier alpha value is -1.82. The lowest BCUT2D eigenvalue weighted by Gasteiger charge is -2.30. The van der Waals surface area contributed by atoms with Gasteiger partial charge in [-0.2, -0.15) is 0 Å². The Labute approximate surface area is 172 Å². The van der Waals surface area contributed by atoms with E-state index in [1.807, 2.05) is 0 Å². The summed E-state index contributed by atoms with van der Waals surface area (Å²) >= 11 is 0. The van der Waals surface area contributed by atoms with Gasteiger partial charge in [-0.1, -0.05) is 108 Å². The highest BCUT2D eigenvalue weighted by molar-refractivity contribution is 5.39. The summed E-state index contributed by atoms with van der Waals surface area (Å²) in [6.07, 6.45) is 16.3. The molecule has 0 bridgehead atoms. The first-order valence-electron chi connectivity index (χ1n) is 11.0. The maximum atomic E-state index is 2.63. The summed E-state index contributed by atoms with van der Waals surface area (Å²) in [5.41, 5.74) is 4.93. The SMILES string of the molecule is CC(C)(C)C1=CC2C(C=C1)C1C=CC(C(C)(C)C)=CC1C2Cc1ccccc1. The van der Waals surface area contributed by atoms with Crippen molar-refractivity contribution in [3.63, 3.8) is 0 Å². The maximum Gasteiger partial charge on any atom is -0.00952 e. The number of hydrogen-bond donors (Lipinski definition) is 0. The van der Waals surface area contributed by atoms with Crippen LogP contribution in [0.1, 0.15) is 47.1 Å². The molecule has 148 valence electrons. The average molecular weight is 373 g/mol. The third-order valence-corrected chi connectivity index (χ3v) is 7.11. The minimum Gasteiger partial charge on any atom is -0.0799 e. The van der Waals surface area contributed by atoms with Gasteiger partial charge in [0.25, 0.3) is 0 Å². The fraction of sp³-hybridized carbons (Fsp3) is 0.500. The van der Waals surface area contributed by atoms with Gasteiger partial charge >= 0.3 is 0 Å². The number of fused-ring (bicyclic) bond motifs is 3. The molecule has 0 amide bonds. The van der Waals surface area contributed by atoms with Crippen LogP contribution in [0.5, 0.6) is 0 Å². The predicted molar refractivity (Wildman–Crippen MR) is 121 cm³/mol. The molecule has 4 atom stereocenters. The van der Waals surface area contributed by atoms with Crippen molar-refractivity contribution in [1.29, 1.82) is 0 Å². The van der Waals surface area contributed by atoms with Crippen molar-refractivity contribution in [2.45, 2.75) is 48.0 Å². The van der Waals surface area contributed by atoms with Crippen molar-refractivity contribution in [1.82, 2.24) is 0 Å². The molecule has 1 saturated carbocycles. The first-order valence-corrected chi connectivity index (χ1v) is 11.0. The summed E-state index contributed by atoms with van der Waals surface area (Å²) < 4.78 is 0. The monoisotopic (exact) mass is 372 g/mol. The topological polar surface area (TPSA) is 0 Å². The molecular formula is C28H36. The van der Waals surface area contributed by atoms with E-state index in [9.17, 15) is 0 Å². The lowest BCUT2D eigenvalue weighted by Crippen LogP contribution is -2.22. The van der Waals surface area contributed by atoms with E-state index in [0.29, 0.717) is 29.6 Å². The highest BCUT2D eigenvalue weighted by Crippen LogP contribution is 2.55. The Morgan fingerprint density at radius 1 is 0.643 bits per heavy atom. The second kappa shape index (κ2) is 6.90. The molecule has 1 fully saturated rings. The average Bonchev–Trinajstić information content (AvgIpc) is 2.94. The summed E-state index contributed by atoms with van der Waals surface area (Å²) in [7, 11) is 0. The molecule has 0 N–H and O–H groups in total. The molecule has 0 saturated heterocycles. The third-order valence-electron chi connectivity index (χ3n) is 7.11. The zero-order chi connectivity index (χ0) is 20.1. The van der Waals surface area contributed by atoms with Gasteiger partial charge < -0.3 is 0 Å². The molecule has 1 aromatic carbocycles.